The summed E-state index contributed by atoms with van der Waals surface area (Å²) in [5, 5.41) is 15.1. The fraction of sp³-hybridized carbons (Fsp3) is 0.382. The van der Waals surface area contributed by atoms with Crippen LogP contribution in [0.4, 0.5) is 5.13 Å². The molecular formula is C34H47N3O3S. The van der Waals surface area contributed by atoms with E-state index < -0.39 is 0 Å². The standard InChI is InChI=1S/C13H21NO.C12H14N2S.C9H12O2/c1-5-8-12(7-3)9-10-13(14-15)11(4)6-2;1-8(2)9-3-5-10(6-4-9)11-7-15-12(13)14-11;1-3-7-5-4-6-8(11-2)9(7)10/h7,9-10H,5-6,8H2,1-4H3;3-8H,1-2H3,(H2,13,14);4-6,10H,3H2,1-2H3/b10-9-,12-7-,13-11-;;. The Balaban J connectivity index is 0.000000312. The highest BCUT2D eigenvalue weighted by molar-refractivity contribution is 7.13. The molecule has 0 radical (unpaired) electrons. The van der Waals surface area contributed by atoms with Gasteiger partial charge >= 0.3 is 0 Å². The van der Waals surface area contributed by atoms with Gasteiger partial charge in [-0.3, -0.25) is 0 Å². The lowest BCUT2D eigenvalue weighted by Crippen LogP contribution is -1.87. The highest BCUT2D eigenvalue weighted by atomic mass is 32.1. The molecule has 0 aliphatic carbocycles. The van der Waals surface area contributed by atoms with Crippen molar-refractivity contribution in [3.63, 3.8) is 0 Å². The maximum absolute atomic E-state index is 10.6. The predicted molar refractivity (Wildman–Crippen MR) is 177 cm³/mol. The number of aryl methyl sites for hydroxylation is 1. The van der Waals surface area contributed by atoms with Crippen LogP contribution in [-0.4, -0.2) is 17.2 Å². The van der Waals surface area contributed by atoms with E-state index in [0.29, 0.717) is 22.5 Å². The first kappa shape index (κ1) is 35.3. The molecule has 222 valence electrons. The number of hydrogen-bond acceptors (Lipinski definition) is 7. The number of rotatable bonds is 10. The van der Waals surface area contributed by atoms with Gasteiger partial charge in [0.15, 0.2) is 16.6 Å². The summed E-state index contributed by atoms with van der Waals surface area (Å²) in [7, 11) is 1.55. The minimum atomic E-state index is 0.262. The second kappa shape index (κ2) is 19.4. The van der Waals surface area contributed by atoms with Crippen LogP contribution in [0.15, 0.2) is 88.1 Å². The van der Waals surface area contributed by atoms with Gasteiger partial charge in [0, 0.05) is 10.9 Å². The summed E-state index contributed by atoms with van der Waals surface area (Å²) in [5.74, 6) is 1.38. The van der Waals surface area contributed by atoms with Crippen LogP contribution in [-0.2, 0) is 6.42 Å². The summed E-state index contributed by atoms with van der Waals surface area (Å²) >= 11 is 1.48. The quantitative estimate of drug-likeness (QED) is 0.184. The van der Waals surface area contributed by atoms with Crippen molar-refractivity contribution in [2.24, 2.45) is 5.18 Å². The first-order valence-electron chi connectivity index (χ1n) is 14.2. The third kappa shape index (κ3) is 12.1. The van der Waals surface area contributed by atoms with Crippen molar-refractivity contribution in [3.05, 3.63) is 98.9 Å². The number of para-hydroxylation sites is 1. The van der Waals surface area contributed by atoms with E-state index in [-0.39, 0.29) is 5.75 Å². The lowest BCUT2D eigenvalue weighted by Gasteiger charge is -2.05. The molecule has 1 heterocycles. The highest BCUT2D eigenvalue weighted by Gasteiger charge is 2.05. The molecule has 0 saturated carbocycles. The molecule has 0 aliphatic rings. The second-order valence-corrected chi connectivity index (χ2v) is 10.6. The third-order valence-corrected chi connectivity index (χ3v) is 7.18. The first-order chi connectivity index (χ1) is 19.6. The molecule has 2 aromatic carbocycles. The van der Waals surface area contributed by atoms with Crippen LogP contribution < -0.4 is 10.5 Å². The van der Waals surface area contributed by atoms with Gasteiger partial charge in [0.2, 0.25) is 0 Å². The van der Waals surface area contributed by atoms with Crippen molar-refractivity contribution < 1.29 is 9.84 Å². The number of methoxy groups -OCH3 is 1. The number of nitroso groups, excluding NO2 is 1. The van der Waals surface area contributed by atoms with Gasteiger partial charge in [-0.25, -0.2) is 4.98 Å². The van der Waals surface area contributed by atoms with Crippen molar-refractivity contribution in [1.82, 2.24) is 4.98 Å². The minimum Gasteiger partial charge on any atom is -0.504 e. The monoisotopic (exact) mass is 577 g/mol. The van der Waals surface area contributed by atoms with Gasteiger partial charge < -0.3 is 15.6 Å². The average Bonchev–Trinajstić information content (AvgIpc) is 3.43. The molecule has 6 nitrogen and oxygen atoms in total. The number of ether oxygens (including phenoxy) is 1. The van der Waals surface area contributed by atoms with E-state index in [4.69, 9.17) is 10.5 Å². The summed E-state index contributed by atoms with van der Waals surface area (Å²) in [4.78, 5) is 14.8. The highest BCUT2D eigenvalue weighted by Crippen LogP contribution is 2.29. The number of benzene rings is 2. The van der Waals surface area contributed by atoms with E-state index in [9.17, 15) is 10.0 Å². The number of nitrogens with two attached hydrogens (primary N) is 1. The van der Waals surface area contributed by atoms with E-state index in [1.165, 1.54) is 22.5 Å². The Hall–Kier alpha value is -3.71. The van der Waals surface area contributed by atoms with E-state index in [1.807, 2.05) is 57.4 Å². The Labute approximate surface area is 250 Å². The van der Waals surface area contributed by atoms with Crippen molar-refractivity contribution in [3.8, 4) is 22.8 Å². The molecule has 0 aliphatic heterocycles. The lowest BCUT2D eigenvalue weighted by molar-refractivity contribution is 0.371. The smallest absolute Gasteiger partial charge is 0.180 e. The molecule has 3 N–H and O–H groups in total. The Bertz CT molecular complexity index is 1270. The van der Waals surface area contributed by atoms with Crippen molar-refractivity contribution in [1.29, 1.82) is 0 Å². The second-order valence-electron chi connectivity index (χ2n) is 9.73. The zero-order valence-electron chi connectivity index (χ0n) is 25.9. The Morgan fingerprint density at radius 3 is 2.27 bits per heavy atom. The zero-order chi connectivity index (χ0) is 30.8. The number of hydrogen-bond donors (Lipinski definition) is 2. The summed E-state index contributed by atoms with van der Waals surface area (Å²) in [6.07, 6.45) is 9.72. The number of nitrogens with zero attached hydrogens (tertiary/aromatic N) is 2. The van der Waals surface area contributed by atoms with Crippen LogP contribution in [0.25, 0.3) is 11.3 Å². The van der Waals surface area contributed by atoms with Gasteiger partial charge in [-0.2, -0.15) is 0 Å². The molecule has 0 saturated heterocycles. The number of thiazole rings is 1. The predicted octanol–water partition coefficient (Wildman–Crippen LogP) is 10.2. The molecule has 0 fully saturated rings. The first-order valence-corrected chi connectivity index (χ1v) is 15.1. The van der Waals surface area contributed by atoms with Crippen molar-refractivity contribution >= 4 is 16.5 Å². The molecule has 3 rings (SSSR count). The molecule has 0 spiro atoms. The van der Waals surface area contributed by atoms with Gasteiger partial charge in [-0.1, -0.05) is 95.2 Å². The van der Waals surface area contributed by atoms with Gasteiger partial charge in [0.05, 0.1) is 12.8 Å². The van der Waals surface area contributed by atoms with E-state index in [1.54, 1.807) is 13.2 Å². The summed E-state index contributed by atoms with van der Waals surface area (Å²) < 4.78 is 4.94. The van der Waals surface area contributed by atoms with Gasteiger partial charge in [0.25, 0.3) is 0 Å². The van der Waals surface area contributed by atoms with Crippen LogP contribution in [0.1, 0.15) is 84.8 Å². The van der Waals surface area contributed by atoms with Crippen molar-refractivity contribution in [2.75, 3.05) is 12.8 Å². The molecule has 0 amide bonds. The number of phenolic OH excluding ortho intramolecular Hbond substituents is 1. The van der Waals surface area contributed by atoms with Gasteiger partial charge in [-0.05, 0) is 73.0 Å². The van der Waals surface area contributed by atoms with Crippen LogP contribution in [0.2, 0.25) is 0 Å². The number of aromatic nitrogens is 1. The van der Waals surface area contributed by atoms with E-state index >= 15 is 0 Å². The normalized spacial score (nSPS) is 11.8. The number of allylic oxidation sites excluding steroid dienone is 5. The molecule has 0 bridgehead atoms. The SMILES string of the molecule is CC(C)c1ccc(-c2csc(N)n2)cc1.CCc1cccc(OC)c1O.C\C=C(/C=C\C(N=O)=C(/C)CC)CCC. The van der Waals surface area contributed by atoms with Crippen LogP contribution >= 0.6 is 11.3 Å². The number of phenols is 1. The van der Waals surface area contributed by atoms with Gasteiger partial charge in [0.1, 0.15) is 5.70 Å². The topological polar surface area (TPSA) is 97.8 Å². The lowest BCUT2D eigenvalue weighted by atomic mass is 10.0. The van der Waals surface area contributed by atoms with Crippen molar-refractivity contribution in [2.45, 2.75) is 80.1 Å². The number of nitrogen functional groups attached to an aromatic ring is 1. The van der Waals surface area contributed by atoms with Crippen LogP contribution in [0.3, 0.4) is 0 Å². The fourth-order valence-corrected chi connectivity index (χ4v) is 4.28. The third-order valence-electron chi connectivity index (χ3n) is 6.51. The number of aromatic hydroxyl groups is 1. The fourth-order valence-electron chi connectivity index (χ4n) is 3.71. The van der Waals surface area contributed by atoms with Crippen LogP contribution in [0, 0.1) is 4.91 Å². The van der Waals surface area contributed by atoms with E-state index in [0.717, 1.165) is 48.1 Å². The average molecular weight is 578 g/mol. The zero-order valence-corrected chi connectivity index (χ0v) is 26.7. The molecule has 41 heavy (non-hydrogen) atoms. The number of anilines is 1. The summed E-state index contributed by atoms with van der Waals surface area (Å²) in [6, 6.07) is 14.0. The molecular weight excluding hydrogens is 530 g/mol. The summed E-state index contributed by atoms with van der Waals surface area (Å²) in [5.41, 5.74) is 12.8. The maximum atomic E-state index is 10.6. The Morgan fingerprint density at radius 1 is 1.12 bits per heavy atom. The Kier molecular flexibility index (Phi) is 16.7. The van der Waals surface area contributed by atoms with Crippen LogP contribution in [0.5, 0.6) is 11.5 Å². The van der Waals surface area contributed by atoms with E-state index in [2.05, 4.69) is 61.3 Å². The minimum absolute atomic E-state index is 0.262. The molecule has 0 atom stereocenters. The molecule has 7 heteroatoms. The maximum Gasteiger partial charge on any atom is 0.180 e. The Morgan fingerprint density at radius 2 is 1.80 bits per heavy atom. The summed E-state index contributed by atoms with van der Waals surface area (Å²) in [6.45, 7) is 14.5. The largest absolute Gasteiger partial charge is 0.504 e. The molecule has 0 unspecified atom stereocenters. The molecule has 1 aromatic heterocycles. The molecule has 3 aromatic rings. The van der Waals surface area contributed by atoms with Gasteiger partial charge in [-0.15, -0.1) is 16.2 Å².